The van der Waals surface area contributed by atoms with Crippen molar-refractivity contribution >= 4 is 25.6 Å². The van der Waals surface area contributed by atoms with Gasteiger partial charge in [0, 0.05) is 29.8 Å². The number of hydrogen-bond donors (Lipinski definition) is 0. The number of benzene rings is 1. The lowest BCUT2D eigenvalue weighted by atomic mass is 10.1. The molecule has 0 spiro atoms. The molecule has 1 amide bonds. The molecule has 4 nitrogen and oxygen atoms in total. The topological polar surface area (TPSA) is 54.5 Å². The first-order valence-electron chi connectivity index (χ1n) is 6.19. The van der Waals surface area contributed by atoms with Gasteiger partial charge in [-0.1, -0.05) is 6.08 Å². The Kier molecular flexibility index (Phi) is 5.77. The second kappa shape index (κ2) is 6.90. The minimum absolute atomic E-state index is 0.00234. The highest BCUT2D eigenvalue weighted by Crippen LogP contribution is 2.20. The lowest BCUT2D eigenvalue weighted by molar-refractivity contribution is 0.0793. The van der Waals surface area contributed by atoms with Gasteiger partial charge >= 0.3 is 0 Å². The van der Waals surface area contributed by atoms with Gasteiger partial charge in [0.25, 0.3) is 15.0 Å². The molecular weight excluding hydrogens is 298 g/mol. The molecular formula is C14H18ClNO3S. The molecule has 0 radical (unpaired) electrons. The first-order chi connectivity index (χ1) is 9.27. The predicted molar refractivity (Wildman–Crippen MR) is 80.6 cm³/mol. The summed E-state index contributed by atoms with van der Waals surface area (Å²) < 4.78 is 22.5. The van der Waals surface area contributed by atoms with Crippen molar-refractivity contribution in [3.63, 3.8) is 0 Å². The molecule has 20 heavy (non-hydrogen) atoms. The average Bonchev–Trinajstić information content (AvgIpc) is 2.37. The molecule has 0 fully saturated rings. The Morgan fingerprint density at radius 2 is 2.10 bits per heavy atom. The average molecular weight is 316 g/mol. The summed E-state index contributed by atoms with van der Waals surface area (Å²) in [5.41, 5.74) is 1.07. The second-order valence-electron chi connectivity index (χ2n) is 4.57. The second-order valence-corrected chi connectivity index (χ2v) is 7.14. The molecule has 0 saturated carbocycles. The Bertz CT molecular complexity index is 611. The van der Waals surface area contributed by atoms with Crippen molar-refractivity contribution < 1.29 is 13.2 Å². The summed E-state index contributed by atoms with van der Waals surface area (Å²) in [6.07, 6.45) is 3.50. The third kappa shape index (κ3) is 4.35. The number of allylic oxidation sites excluding steroid dienone is 1. The number of rotatable bonds is 6. The van der Waals surface area contributed by atoms with Crippen LogP contribution in [0, 0.1) is 6.92 Å². The van der Waals surface area contributed by atoms with Crippen LogP contribution in [0.15, 0.2) is 35.7 Å². The molecule has 0 heterocycles. The van der Waals surface area contributed by atoms with Gasteiger partial charge in [-0.2, -0.15) is 0 Å². The van der Waals surface area contributed by atoms with E-state index >= 15 is 0 Å². The number of aryl methyl sites for hydroxylation is 1. The van der Waals surface area contributed by atoms with Crippen LogP contribution in [0.3, 0.4) is 0 Å². The van der Waals surface area contributed by atoms with Gasteiger partial charge in [0.2, 0.25) is 0 Å². The number of halogens is 1. The van der Waals surface area contributed by atoms with Gasteiger partial charge in [0.15, 0.2) is 0 Å². The summed E-state index contributed by atoms with van der Waals surface area (Å²) in [6, 6.07) is 4.25. The summed E-state index contributed by atoms with van der Waals surface area (Å²) in [5.74, 6) is -0.134. The molecule has 0 aliphatic carbocycles. The van der Waals surface area contributed by atoms with Crippen LogP contribution in [0.2, 0.25) is 0 Å². The molecule has 0 aliphatic rings. The lowest BCUT2D eigenvalue weighted by Gasteiger charge is -2.18. The fourth-order valence-corrected chi connectivity index (χ4v) is 2.64. The minimum atomic E-state index is -3.77. The summed E-state index contributed by atoms with van der Waals surface area (Å²) in [6.45, 7) is 5.95. The van der Waals surface area contributed by atoms with Gasteiger partial charge < -0.3 is 4.90 Å². The van der Waals surface area contributed by atoms with E-state index in [0.29, 0.717) is 17.7 Å². The van der Waals surface area contributed by atoms with E-state index in [1.165, 1.54) is 18.2 Å². The van der Waals surface area contributed by atoms with Crippen LogP contribution in [0.25, 0.3) is 0 Å². The van der Waals surface area contributed by atoms with E-state index in [0.717, 1.165) is 12.8 Å². The monoisotopic (exact) mass is 315 g/mol. The first-order valence-corrected chi connectivity index (χ1v) is 8.50. The molecule has 1 aromatic rings. The van der Waals surface area contributed by atoms with E-state index in [2.05, 4.69) is 6.58 Å². The predicted octanol–water partition coefficient (Wildman–Crippen LogP) is 2.96. The molecule has 0 unspecified atom stereocenters. The number of nitrogens with zero attached hydrogens (tertiary/aromatic N) is 1. The Labute approximate surface area is 124 Å². The van der Waals surface area contributed by atoms with Gasteiger partial charge in [-0.15, -0.1) is 6.58 Å². The Morgan fingerprint density at radius 3 is 2.60 bits per heavy atom. The maximum Gasteiger partial charge on any atom is 0.261 e. The highest BCUT2D eigenvalue weighted by atomic mass is 35.7. The van der Waals surface area contributed by atoms with Crippen LogP contribution in [0.1, 0.15) is 28.8 Å². The summed E-state index contributed by atoms with van der Waals surface area (Å²) in [4.78, 5) is 13.9. The zero-order valence-corrected chi connectivity index (χ0v) is 13.2. The van der Waals surface area contributed by atoms with Crippen molar-refractivity contribution in [2.75, 3.05) is 13.6 Å². The van der Waals surface area contributed by atoms with E-state index in [9.17, 15) is 13.2 Å². The lowest BCUT2D eigenvalue weighted by Crippen LogP contribution is -2.28. The van der Waals surface area contributed by atoms with E-state index in [1.807, 2.05) is 6.08 Å². The number of hydrogen-bond acceptors (Lipinski definition) is 3. The fourth-order valence-electron chi connectivity index (χ4n) is 1.81. The van der Waals surface area contributed by atoms with Crippen molar-refractivity contribution in [3.05, 3.63) is 42.0 Å². The quantitative estimate of drug-likeness (QED) is 0.461. The van der Waals surface area contributed by atoms with Gasteiger partial charge in [-0.3, -0.25) is 4.79 Å². The third-order valence-corrected chi connectivity index (χ3v) is 4.31. The maximum absolute atomic E-state index is 12.2. The van der Waals surface area contributed by atoms with Gasteiger partial charge in [0.05, 0.1) is 4.90 Å². The zero-order valence-electron chi connectivity index (χ0n) is 11.6. The van der Waals surface area contributed by atoms with Crippen molar-refractivity contribution in [1.29, 1.82) is 0 Å². The minimum Gasteiger partial charge on any atom is -0.342 e. The standard InChI is InChI=1S/C14H18ClNO3S/c1-4-5-6-9-16(3)14(17)13-8-7-12(10-11(13)2)20(15,18)19/h4,7-8,10H,1,5-6,9H2,2-3H3. The molecule has 0 N–H and O–H groups in total. The van der Waals surface area contributed by atoms with Crippen molar-refractivity contribution in [3.8, 4) is 0 Å². The Balaban J connectivity index is 2.92. The molecule has 1 rings (SSSR count). The largest absolute Gasteiger partial charge is 0.342 e. The molecule has 0 aromatic heterocycles. The van der Waals surface area contributed by atoms with E-state index in [1.54, 1.807) is 18.9 Å². The number of unbranched alkanes of at least 4 members (excludes halogenated alkanes) is 1. The van der Waals surface area contributed by atoms with Gasteiger partial charge in [-0.05, 0) is 43.5 Å². The molecule has 1 aromatic carbocycles. The molecule has 0 atom stereocenters. The zero-order chi connectivity index (χ0) is 15.3. The molecule has 0 aliphatic heterocycles. The summed E-state index contributed by atoms with van der Waals surface area (Å²) in [7, 11) is 3.23. The van der Waals surface area contributed by atoms with Gasteiger partial charge in [-0.25, -0.2) is 8.42 Å². The SMILES string of the molecule is C=CCCCN(C)C(=O)c1ccc(S(=O)(=O)Cl)cc1C. The fraction of sp³-hybridized carbons (Fsp3) is 0.357. The highest BCUT2D eigenvalue weighted by molar-refractivity contribution is 8.13. The van der Waals surface area contributed by atoms with Crippen molar-refractivity contribution in [2.45, 2.75) is 24.7 Å². The molecule has 110 valence electrons. The van der Waals surface area contributed by atoms with Crippen LogP contribution < -0.4 is 0 Å². The number of carbonyl (C=O) groups is 1. The smallest absolute Gasteiger partial charge is 0.261 e. The maximum atomic E-state index is 12.2. The van der Waals surface area contributed by atoms with Crippen molar-refractivity contribution in [2.24, 2.45) is 0 Å². The Hall–Kier alpha value is -1.33. The molecule has 0 bridgehead atoms. The van der Waals surface area contributed by atoms with E-state index in [-0.39, 0.29) is 10.8 Å². The summed E-state index contributed by atoms with van der Waals surface area (Å²) >= 11 is 0. The first kappa shape index (κ1) is 16.7. The van der Waals surface area contributed by atoms with Crippen LogP contribution >= 0.6 is 10.7 Å². The van der Waals surface area contributed by atoms with E-state index < -0.39 is 9.05 Å². The van der Waals surface area contributed by atoms with Crippen molar-refractivity contribution in [1.82, 2.24) is 4.90 Å². The van der Waals surface area contributed by atoms with Crippen LogP contribution in [-0.4, -0.2) is 32.8 Å². The molecule has 6 heteroatoms. The van der Waals surface area contributed by atoms with Gasteiger partial charge in [0.1, 0.15) is 0 Å². The third-order valence-electron chi connectivity index (χ3n) is 2.96. The normalized spacial score (nSPS) is 11.2. The summed E-state index contributed by atoms with van der Waals surface area (Å²) in [5, 5.41) is 0. The number of amides is 1. The molecule has 0 saturated heterocycles. The van der Waals surface area contributed by atoms with Crippen LogP contribution in [0.4, 0.5) is 0 Å². The highest BCUT2D eigenvalue weighted by Gasteiger charge is 2.17. The Morgan fingerprint density at radius 1 is 1.45 bits per heavy atom. The van der Waals surface area contributed by atoms with Crippen LogP contribution in [-0.2, 0) is 9.05 Å². The van der Waals surface area contributed by atoms with Crippen LogP contribution in [0.5, 0.6) is 0 Å². The number of carbonyl (C=O) groups excluding carboxylic acids is 1. The van der Waals surface area contributed by atoms with E-state index in [4.69, 9.17) is 10.7 Å².